The molecule has 1 aliphatic rings. The van der Waals surface area contributed by atoms with E-state index in [0.717, 1.165) is 68.1 Å². The second-order valence-electron chi connectivity index (χ2n) is 7.25. The largest absolute Gasteiger partial charge is 0.492 e. The number of aliphatic imine (C=N–C) groups is 1. The van der Waals surface area contributed by atoms with Crippen molar-refractivity contribution in [3.8, 4) is 5.75 Å². The summed E-state index contributed by atoms with van der Waals surface area (Å²) in [5.74, 6) is 3.11. The van der Waals surface area contributed by atoms with Crippen LogP contribution in [-0.4, -0.2) is 61.8 Å². The van der Waals surface area contributed by atoms with Crippen molar-refractivity contribution in [2.45, 2.75) is 33.9 Å². The van der Waals surface area contributed by atoms with Crippen molar-refractivity contribution in [1.29, 1.82) is 0 Å². The van der Waals surface area contributed by atoms with E-state index in [4.69, 9.17) is 13.9 Å². The maximum absolute atomic E-state index is 5.94. The number of aryl methyl sites for hydroxylation is 2. The number of rotatable bonds is 9. The second kappa shape index (κ2) is 11.6. The highest BCUT2D eigenvalue weighted by Gasteiger charge is 2.10. The molecule has 2 aromatic rings. The third-order valence-corrected chi connectivity index (χ3v) is 4.92. The number of ether oxygens (including phenoxy) is 2. The van der Waals surface area contributed by atoms with Crippen molar-refractivity contribution >= 4 is 5.96 Å². The molecule has 8 heteroatoms. The Labute approximate surface area is 178 Å². The SMILES string of the molecule is CCNC(=NCc1cccc(OCCN2CCOCC2)c1)NCc1nc(C)c(C)o1. The molecule has 164 valence electrons. The quantitative estimate of drug-likeness (QED) is 0.480. The van der Waals surface area contributed by atoms with Gasteiger partial charge in [0.25, 0.3) is 0 Å². The summed E-state index contributed by atoms with van der Waals surface area (Å²) in [6, 6.07) is 8.10. The van der Waals surface area contributed by atoms with Crippen molar-refractivity contribution < 1.29 is 13.9 Å². The maximum Gasteiger partial charge on any atom is 0.214 e. The van der Waals surface area contributed by atoms with E-state index >= 15 is 0 Å². The molecule has 0 radical (unpaired) electrons. The lowest BCUT2D eigenvalue weighted by Crippen LogP contribution is -2.38. The Morgan fingerprint density at radius 2 is 2.07 bits per heavy atom. The minimum atomic E-state index is 0.491. The van der Waals surface area contributed by atoms with Crippen LogP contribution in [0.5, 0.6) is 5.75 Å². The first-order valence-corrected chi connectivity index (χ1v) is 10.6. The Morgan fingerprint density at radius 3 is 2.80 bits per heavy atom. The molecule has 3 rings (SSSR count). The number of morpholine rings is 1. The summed E-state index contributed by atoms with van der Waals surface area (Å²) in [5, 5.41) is 6.52. The Bertz CT molecular complexity index is 795. The normalized spacial score (nSPS) is 15.2. The maximum atomic E-state index is 5.94. The van der Waals surface area contributed by atoms with Crippen molar-refractivity contribution in [1.82, 2.24) is 20.5 Å². The molecule has 30 heavy (non-hydrogen) atoms. The van der Waals surface area contributed by atoms with E-state index in [9.17, 15) is 0 Å². The first kappa shape index (κ1) is 22.1. The summed E-state index contributed by atoms with van der Waals surface area (Å²) < 4.78 is 16.9. The average Bonchev–Trinajstić information content (AvgIpc) is 3.08. The molecule has 0 aliphatic carbocycles. The zero-order valence-corrected chi connectivity index (χ0v) is 18.2. The van der Waals surface area contributed by atoms with Gasteiger partial charge in [0.2, 0.25) is 5.89 Å². The number of nitrogens with zero attached hydrogens (tertiary/aromatic N) is 3. The van der Waals surface area contributed by atoms with E-state index < -0.39 is 0 Å². The van der Waals surface area contributed by atoms with E-state index in [1.54, 1.807) is 0 Å². The highest BCUT2D eigenvalue weighted by molar-refractivity contribution is 5.79. The number of guanidine groups is 1. The van der Waals surface area contributed by atoms with Crippen molar-refractivity contribution in [3.63, 3.8) is 0 Å². The Morgan fingerprint density at radius 1 is 1.23 bits per heavy atom. The highest BCUT2D eigenvalue weighted by atomic mass is 16.5. The van der Waals surface area contributed by atoms with Crippen LogP contribution in [0.4, 0.5) is 0 Å². The van der Waals surface area contributed by atoms with Gasteiger partial charge in [-0.3, -0.25) is 4.90 Å². The summed E-state index contributed by atoms with van der Waals surface area (Å²) >= 11 is 0. The van der Waals surface area contributed by atoms with Gasteiger partial charge in [0.15, 0.2) is 5.96 Å². The van der Waals surface area contributed by atoms with Crippen LogP contribution >= 0.6 is 0 Å². The molecule has 2 N–H and O–H groups in total. The van der Waals surface area contributed by atoms with Gasteiger partial charge >= 0.3 is 0 Å². The molecule has 0 spiro atoms. The smallest absolute Gasteiger partial charge is 0.214 e. The molecule has 0 saturated carbocycles. The topological polar surface area (TPSA) is 84.2 Å². The predicted octanol–water partition coefficient (Wildman–Crippen LogP) is 2.26. The van der Waals surface area contributed by atoms with Crippen LogP contribution in [0.25, 0.3) is 0 Å². The standard InChI is InChI=1S/C22H33N5O3/c1-4-23-22(25-16-21-26-17(2)18(3)30-21)24-15-19-6-5-7-20(14-19)29-13-10-27-8-11-28-12-9-27/h5-7,14H,4,8-13,15-16H2,1-3H3,(H2,23,24,25). The van der Waals surface area contributed by atoms with Crippen LogP contribution in [0, 0.1) is 13.8 Å². The molecule has 1 saturated heterocycles. The number of hydrogen-bond donors (Lipinski definition) is 2. The Balaban J connectivity index is 1.49. The van der Waals surface area contributed by atoms with Crippen LogP contribution in [-0.2, 0) is 17.8 Å². The minimum absolute atomic E-state index is 0.491. The fourth-order valence-corrected chi connectivity index (χ4v) is 3.14. The lowest BCUT2D eigenvalue weighted by Gasteiger charge is -2.26. The molecule has 0 amide bonds. The van der Waals surface area contributed by atoms with Gasteiger partial charge in [-0.15, -0.1) is 0 Å². The van der Waals surface area contributed by atoms with Gasteiger partial charge in [-0.1, -0.05) is 12.1 Å². The van der Waals surface area contributed by atoms with Crippen LogP contribution in [0.3, 0.4) is 0 Å². The third kappa shape index (κ3) is 7.03. The molecule has 1 aliphatic heterocycles. The molecule has 8 nitrogen and oxygen atoms in total. The number of oxazole rings is 1. The van der Waals surface area contributed by atoms with Crippen LogP contribution in [0.2, 0.25) is 0 Å². The van der Waals surface area contributed by atoms with E-state index in [0.29, 0.717) is 25.6 Å². The van der Waals surface area contributed by atoms with E-state index in [-0.39, 0.29) is 0 Å². The van der Waals surface area contributed by atoms with Crippen molar-refractivity contribution in [2.24, 2.45) is 4.99 Å². The number of aromatic nitrogens is 1. The van der Waals surface area contributed by atoms with Crippen LogP contribution in [0.1, 0.15) is 29.8 Å². The summed E-state index contributed by atoms with van der Waals surface area (Å²) in [7, 11) is 0. The van der Waals surface area contributed by atoms with Gasteiger partial charge in [0, 0.05) is 26.2 Å². The molecular weight excluding hydrogens is 382 g/mol. The number of nitrogens with one attached hydrogen (secondary N) is 2. The molecule has 1 aromatic carbocycles. The first-order valence-electron chi connectivity index (χ1n) is 10.6. The van der Waals surface area contributed by atoms with Crippen LogP contribution < -0.4 is 15.4 Å². The van der Waals surface area contributed by atoms with Gasteiger partial charge in [-0.05, 0) is 38.5 Å². The van der Waals surface area contributed by atoms with Gasteiger partial charge in [0.1, 0.15) is 18.1 Å². The number of hydrogen-bond acceptors (Lipinski definition) is 6. The second-order valence-corrected chi connectivity index (χ2v) is 7.25. The fourth-order valence-electron chi connectivity index (χ4n) is 3.14. The van der Waals surface area contributed by atoms with Crippen molar-refractivity contribution in [2.75, 3.05) is 46.0 Å². The van der Waals surface area contributed by atoms with Gasteiger partial charge in [-0.2, -0.15) is 0 Å². The monoisotopic (exact) mass is 415 g/mol. The average molecular weight is 416 g/mol. The summed E-state index contributed by atoms with van der Waals surface area (Å²) in [6.07, 6.45) is 0. The zero-order valence-electron chi connectivity index (χ0n) is 18.2. The van der Waals surface area contributed by atoms with E-state index in [2.05, 4.69) is 31.6 Å². The third-order valence-electron chi connectivity index (χ3n) is 4.92. The Hall–Kier alpha value is -2.58. The van der Waals surface area contributed by atoms with Crippen molar-refractivity contribution in [3.05, 3.63) is 47.2 Å². The molecule has 0 atom stereocenters. The zero-order chi connectivity index (χ0) is 21.2. The molecular formula is C22H33N5O3. The van der Waals surface area contributed by atoms with E-state index in [1.807, 2.05) is 39.0 Å². The molecule has 2 heterocycles. The van der Waals surface area contributed by atoms with Gasteiger partial charge in [-0.25, -0.2) is 9.98 Å². The summed E-state index contributed by atoms with van der Waals surface area (Å²) in [4.78, 5) is 11.4. The lowest BCUT2D eigenvalue weighted by atomic mass is 10.2. The molecule has 1 fully saturated rings. The predicted molar refractivity (Wildman–Crippen MR) is 117 cm³/mol. The van der Waals surface area contributed by atoms with Gasteiger partial charge < -0.3 is 24.5 Å². The first-order chi connectivity index (χ1) is 14.6. The van der Waals surface area contributed by atoms with Crippen LogP contribution in [0.15, 0.2) is 33.7 Å². The fraction of sp³-hybridized carbons (Fsp3) is 0.545. The Kier molecular flexibility index (Phi) is 8.53. The minimum Gasteiger partial charge on any atom is -0.492 e. The molecule has 1 aromatic heterocycles. The van der Waals surface area contributed by atoms with E-state index in [1.165, 1.54) is 0 Å². The molecule has 0 bridgehead atoms. The van der Waals surface area contributed by atoms with Gasteiger partial charge in [0.05, 0.1) is 32.0 Å². The summed E-state index contributed by atoms with van der Waals surface area (Å²) in [6.45, 7) is 12.9. The summed E-state index contributed by atoms with van der Waals surface area (Å²) in [5.41, 5.74) is 2.01. The highest BCUT2D eigenvalue weighted by Crippen LogP contribution is 2.14. The molecule has 0 unspecified atom stereocenters. The lowest BCUT2D eigenvalue weighted by molar-refractivity contribution is 0.0322. The number of benzene rings is 1.